The van der Waals surface area contributed by atoms with Crippen LogP contribution in [0, 0.1) is 0 Å². The van der Waals surface area contributed by atoms with Gasteiger partial charge in [0.15, 0.2) is 0 Å². The third kappa shape index (κ3) is 2.26. The first kappa shape index (κ1) is 14.3. The monoisotopic (exact) mass is 307 g/mol. The summed E-state index contributed by atoms with van der Waals surface area (Å²) in [5.41, 5.74) is -1.66. The summed E-state index contributed by atoms with van der Waals surface area (Å²) in [6.07, 6.45) is -0.239. The second kappa shape index (κ2) is 4.97. The van der Waals surface area contributed by atoms with Crippen LogP contribution in [0.1, 0.15) is 6.42 Å². The number of carboxylic acid groups (broad SMARTS) is 1. The SMILES string of the molecule is O=C(Cn1c(=O)[nH]c2ccccc21)N1CCC(F)(C(=O)O)C1. The Hall–Kier alpha value is -2.64. The van der Waals surface area contributed by atoms with Crippen molar-refractivity contribution < 1.29 is 19.1 Å². The third-order valence-corrected chi connectivity index (χ3v) is 3.93. The molecule has 1 aromatic heterocycles. The standard InChI is InChI=1S/C14H14FN3O4/c15-14(12(20)21)5-6-17(8-14)11(19)7-18-10-4-2-1-3-9(10)16-13(18)22/h1-4H,5-8H2,(H,16,22)(H,20,21). The van der Waals surface area contributed by atoms with E-state index in [1.165, 1.54) is 4.57 Å². The average molecular weight is 307 g/mol. The van der Waals surface area contributed by atoms with E-state index in [2.05, 4.69) is 4.98 Å². The van der Waals surface area contributed by atoms with Crippen LogP contribution in [0.15, 0.2) is 29.1 Å². The zero-order valence-corrected chi connectivity index (χ0v) is 11.6. The quantitative estimate of drug-likeness (QED) is 0.855. The number of amides is 1. The van der Waals surface area contributed by atoms with Crippen molar-refractivity contribution in [2.75, 3.05) is 13.1 Å². The number of nitrogens with one attached hydrogen (secondary N) is 1. The topological polar surface area (TPSA) is 95.4 Å². The molecule has 8 heteroatoms. The molecule has 1 fully saturated rings. The Kier molecular flexibility index (Phi) is 3.23. The average Bonchev–Trinajstić information content (AvgIpc) is 3.02. The lowest BCUT2D eigenvalue weighted by molar-refractivity contribution is -0.150. The molecular formula is C14H14FN3O4. The normalized spacial score (nSPS) is 21.4. The lowest BCUT2D eigenvalue weighted by atomic mass is 10.1. The summed E-state index contributed by atoms with van der Waals surface area (Å²) in [5, 5.41) is 8.84. The second-order valence-corrected chi connectivity index (χ2v) is 5.37. The maximum atomic E-state index is 14.0. The van der Waals surface area contributed by atoms with E-state index < -0.39 is 29.8 Å². The maximum Gasteiger partial charge on any atom is 0.343 e. The van der Waals surface area contributed by atoms with E-state index in [0.29, 0.717) is 11.0 Å². The van der Waals surface area contributed by atoms with Crippen LogP contribution in [-0.2, 0) is 16.1 Å². The van der Waals surface area contributed by atoms with Gasteiger partial charge in [-0.25, -0.2) is 14.0 Å². The predicted octanol–water partition coefficient (Wildman–Crippen LogP) is 0.355. The van der Waals surface area contributed by atoms with E-state index in [1.54, 1.807) is 24.3 Å². The van der Waals surface area contributed by atoms with Crippen molar-refractivity contribution >= 4 is 22.9 Å². The summed E-state index contributed by atoms with van der Waals surface area (Å²) in [5.74, 6) is -2.04. The Morgan fingerprint density at radius 1 is 1.36 bits per heavy atom. The van der Waals surface area contributed by atoms with Gasteiger partial charge in [-0.15, -0.1) is 0 Å². The van der Waals surface area contributed by atoms with Gasteiger partial charge in [0.05, 0.1) is 17.6 Å². The molecule has 1 saturated heterocycles. The minimum Gasteiger partial charge on any atom is -0.479 e. The molecule has 1 aromatic carbocycles. The first-order chi connectivity index (χ1) is 10.4. The minimum absolute atomic E-state index is 0.0265. The van der Waals surface area contributed by atoms with Crippen LogP contribution in [0.3, 0.4) is 0 Å². The molecule has 1 amide bonds. The highest BCUT2D eigenvalue weighted by molar-refractivity contribution is 5.83. The summed E-state index contributed by atoms with van der Waals surface area (Å²) in [4.78, 5) is 38.7. The van der Waals surface area contributed by atoms with Gasteiger partial charge in [-0.05, 0) is 12.1 Å². The number of rotatable bonds is 3. The number of carbonyl (C=O) groups is 2. The highest BCUT2D eigenvalue weighted by Crippen LogP contribution is 2.26. The molecule has 2 heterocycles. The predicted molar refractivity (Wildman–Crippen MR) is 75.2 cm³/mol. The molecule has 22 heavy (non-hydrogen) atoms. The smallest absolute Gasteiger partial charge is 0.343 e. The number of imidazole rings is 1. The number of aliphatic carboxylic acids is 1. The molecule has 0 saturated carbocycles. The first-order valence-electron chi connectivity index (χ1n) is 6.78. The molecule has 0 radical (unpaired) electrons. The Morgan fingerprint density at radius 3 is 2.77 bits per heavy atom. The largest absolute Gasteiger partial charge is 0.479 e. The van der Waals surface area contributed by atoms with Crippen molar-refractivity contribution in [2.45, 2.75) is 18.6 Å². The molecule has 0 spiro atoms. The number of likely N-dealkylation sites (tertiary alicyclic amines) is 1. The first-order valence-corrected chi connectivity index (χ1v) is 6.78. The number of para-hydroxylation sites is 2. The van der Waals surface area contributed by atoms with E-state index >= 15 is 0 Å². The van der Waals surface area contributed by atoms with Gasteiger partial charge >= 0.3 is 11.7 Å². The van der Waals surface area contributed by atoms with Gasteiger partial charge in [0.25, 0.3) is 0 Å². The minimum atomic E-state index is -2.40. The van der Waals surface area contributed by atoms with E-state index in [4.69, 9.17) is 5.11 Å². The van der Waals surface area contributed by atoms with Gasteiger partial charge in [-0.3, -0.25) is 9.36 Å². The third-order valence-electron chi connectivity index (χ3n) is 3.93. The van der Waals surface area contributed by atoms with Gasteiger partial charge in [-0.1, -0.05) is 12.1 Å². The second-order valence-electron chi connectivity index (χ2n) is 5.37. The number of fused-ring (bicyclic) bond motifs is 1. The van der Waals surface area contributed by atoms with Crippen LogP contribution in [-0.4, -0.2) is 50.2 Å². The van der Waals surface area contributed by atoms with E-state index in [9.17, 15) is 18.8 Å². The fraction of sp³-hybridized carbons (Fsp3) is 0.357. The number of benzene rings is 1. The van der Waals surface area contributed by atoms with Crippen LogP contribution >= 0.6 is 0 Å². The van der Waals surface area contributed by atoms with Crippen molar-refractivity contribution in [3.05, 3.63) is 34.7 Å². The van der Waals surface area contributed by atoms with Crippen molar-refractivity contribution in [1.82, 2.24) is 14.5 Å². The Morgan fingerprint density at radius 2 is 2.09 bits per heavy atom. The summed E-state index contributed by atoms with van der Waals surface area (Å²) in [6.45, 7) is -0.713. The number of hydrogen-bond acceptors (Lipinski definition) is 3. The van der Waals surface area contributed by atoms with Gasteiger partial charge in [0.2, 0.25) is 11.6 Å². The molecule has 2 aromatic rings. The summed E-state index contributed by atoms with van der Waals surface area (Å²) in [6, 6.07) is 6.91. The molecule has 2 N–H and O–H groups in total. The van der Waals surface area contributed by atoms with Gasteiger partial charge in [0.1, 0.15) is 6.54 Å². The van der Waals surface area contributed by atoms with E-state index in [1.807, 2.05) is 0 Å². The number of aromatic nitrogens is 2. The highest BCUT2D eigenvalue weighted by Gasteiger charge is 2.46. The lowest BCUT2D eigenvalue weighted by Crippen LogP contribution is -2.40. The summed E-state index contributed by atoms with van der Waals surface area (Å²) < 4.78 is 15.2. The van der Waals surface area contributed by atoms with E-state index in [-0.39, 0.29) is 19.5 Å². The molecule has 116 valence electrons. The number of alkyl halides is 1. The van der Waals surface area contributed by atoms with Crippen LogP contribution < -0.4 is 5.69 Å². The number of carbonyl (C=O) groups excluding carboxylic acids is 1. The molecule has 1 aliphatic heterocycles. The van der Waals surface area contributed by atoms with Gasteiger partial charge in [0, 0.05) is 13.0 Å². The number of hydrogen-bond donors (Lipinski definition) is 2. The molecule has 0 aliphatic carbocycles. The number of H-pyrrole nitrogens is 1. The molecular weight excluding hydrogens is 293 g/mol. The van der Waals surface area contributed by atoms with Crippen LogP contribution in [0.5, 0.6) is 0 Å². The molecule has 3 rings (SSSR count). The molecule has 0 bridgehead atoms. The van der Waals surface area contributed by atoms with Crippen LogP contribution in [0.2, 0.25) is 0 Å². The zero-order chi connectivity index (χ0) is 15.9. The molecule has 1 unspecified atom stereocenters. The Balaban J connectivity index is 1.81. The summed E-state index contributed by atoms with van der Waals surface area (Å²) in [7, 11) is 0. The molecule has 7 nitrogen and oxygen atoms in total. The fourth-order valence-electron chi connectivity index (χ4n) is 2.66. The summed E-state index contributed by atoms with van der Waals surface area (Å²) >= 11 is 0. The van der Waals surface area contributed by atoms with Gasteiger partial charge in [-0.2, -0.15) is 0 Å². The van der Waals surface area contributed by atoms with Crippen molar-refractivity contribution in [3.8, 4) is 0 Å². The van der Waals surface area contributed by atoms with E-state index in [0.717, 1.165) is 4.90 Å². The maximum absolute atomic E-state index is 14.0. The number of aromatic amines is 1. The number of halogens is 1. The van der Waals surface area contributed by atoms with Crippen molar-refractivity contribution in [1.29, 1.82) is 0 Å². The van der Waals surface area contributed by atoms with Gasteiger partial charge < -0.3 is 15.0 Å². The molecule has 1 atom stereocenters. The van der Waals surface area contributed by atoms with Crippen LogP contribution in [0.25, 0.3) is 11.0 Å². The van der Waals surface area contributed by atoms with Crippen LogP contribution in [0.4, 0.5) is 4.39 Å². The Labute approximate surface area is 124 Å². The van der Waals surface area contributed by atoms with Crippen molar-refractivity contribution in [3.63, 3.8) is 0 Å². The lowest BCUT2D eigenvalue weighted by Gasteiger charge is -2.17. The number of nitrogens with zero attached hydrogens (tertiary/aromatic N) is 2. The zero-order valence-electron chi connectivity index (χ0n) is 11.6. The highest BCUT2D eigenvalue weighted by atomic mass is 19.1. The van der Waals surface area contributed by atoms with Crippen molar-refractivity contribution in [2.24, 2.45) is 0 Å². The molecule has 1 aliphatic rings. The fourth-order valence-corrected chi connectivity index (χ4v) is 2.66. The number of carboxylic acids is 1. The Bertz CT molecular complexity index is 812.